The lowest BCUT2D eigenvalue weighted by molar-refractivity contribution is -0.870. The summed E-state index contributed by atoms with van der Waals surface area (Å²) >= 11 is 0. The zero-order valence-electron chi connectivity index (χ0n) is 32.4. The highest BCUT2D eigenvalue weighted by atomic mass is 16.7. The van der Waals surface area contributed by atoms with Gasteiger partial charge in [0, 0.05) is 12.8 Å². The minimum atomic E-state index is -1.50. The average molecular weight is 699 g/mol. The highest BCUT2D eigenvalue weighted by molar-refractivity contribution is 5.71. The van der Waals surface area contributed by atoms with E-state index in [-0.39, 0.29) is 32.2 Å². The number of aliphatic carboxylic acids is 1. The fourth-order valence-electron chi connectivity index (χ4n) is 5.36. The molecular formula is C40H76NO8+. The summed E-state index contributed by atoms with van der Waals surface area (Å²) in [6.45, 7) is 4.83. The molecule has 0 radical (unpaired) electrons. The first-order valence-electron chi connectivity index (χ1n) is 19.9. The van der Waals surface area contributed by atoms with Crippen molar-refractivity contribution in [1.29, 1.82) is 0 Å². The number of rotatable bonds is 36. The van der Waals surface area contributed by atoms with E-state index in [2.05, 4.69) is 26.0 Å². The molecule has 2 atom stereocenters. The summed E-state index contributed by atoms with van der Waals surface area (Å²) in [5.41, 5.74) is 0. The predicted octanol–water partition coefficient (Wildman–Crippen LogP) is 9.55. The van der Waals surface area contributed by atoms with Crippen molar-refractivity contribution in [1.82, 2.24) is 0 Å². The fraction of sp³-hybridized carbons (Fsp3) is 0.875. The third-order valence-electron chi connectivity index (χ3n) is 8.52. The van der Waals surface area contributed by atoms with E-state index in [4.69, 9.17) is 18.9 Å². The molecular weight excluding hydrogens is 622 g/mol. The van der Waals surface area contributed by atoms with Crippen molar-refractivity contribution in [2.45, 2.75) is 180 Å². The predicted molar refractivity (Wildman–Crippen MR) is 198 cm³/mol. The van der Waals surface area contributed by atoms with Crippen molar-refractivity contribution in [3.8, 4) is 0 Å². The van der Waals surface area contributed by atoms with Gasteiger partial charge in [-0.25, -0.2) is 4.79 Å². The number of allylic oxidation sites excluding steroid dienone is 2. The van der Waals surface area contributed by atoms with Gasteiger partial charge in [-0.2, -0.15) is 0 Å². The first-order chi connectivity index (χ1) is 23.6. The van der Waals surface area contributed by atoms with E-state index in [0.29, 0.717) is 23.9 Å². The molecule has 0 saturated heterocycles. The number of unbranched alkanes of at least 4 members (excludes halogenated alkanes) is 19. The average Bonchev–Trinajstić information content (AvgIpc) is 3.05. The zero-order chi connectivity index (χ0) is 36.4. The lowest BCUT2D eigenvalue weighted by atomic mass is 10.1. The molecule has 0 heterocycles. The fourth-order valence-corrected chi connectivity index (χ4v) is 5.36. The number of carbonyl (C=O) groups is 3. The van der Waals surface area contributed by atoms with Crippen LogP contribution in [0.5, 0.6) is 0 Å². The van der Waals surface area contributed by atoms with Crippen LogP contribution in [-0.2, 0) is 33.3 Å². The molecule has 49 heavy (non-hydrogen) atoms. The van der Waals surface area contributed by atoms with Crippen LogP contribution in [0.25, 0.3) is 0 Å². The second-order valence-electron chi connectivity index (χ2n) is 14.6. The van der Waals surface area contributed by atoms with E-state index in [1.165, 1.54) is 83.5 Å². The van der Waals surface area contributed by atoms with Gasteiger partial charge in [0.05, 0.1) is 34.4 Å². The maximum Gasteiger partial charge on any atom is 0.361 e. The van der Waals surface area contributed by atoms with Crippen LogP contribution in [0, 0.1) is 0 Å². The van der Waals surface area contributed by atoms with Crippen LogP contribution in [0.1, 0.15) is 168 Å². The van der Waals surface area contributed by atoms with Crippen LogP contribution in [0.2, 0.25) is 0 Å². The van der Waals surface area contributed by atoms with Gasteiger partial charge < -0.3 is 28.5 Å². The van der Waals surface area contributed by atoms with Crippen molar-refractivity contribution in [3.05, 3.63) is 12.2 Å². The van der Waals surface area contributed by atoms with Gasteiger partial charge in [0.2, 0.25) is 0 Å². The summed E-state index contributed by atoms with van der Waals surface area (Å²) in [5.74, 6) is -2.02. The Bertz CT molecular complexity index is 826. The Morgan fingerprint density at radius 1 is 0.592 bits per heavy atom. The van der Waals surface area contributed by atoms with Crippen LogP contribution < -0.4 is 0 Å². The molecule has 0 saturated carbocycles. The van der Waals surface area contributed by atoms with Crippen LogP contribution in [-0.4, -0.2) is 87.4 Å². The minimum Gasteiger partial charge on any atom is -0.477 e. The lowest BCUT2D eigenvalue weighted by Gasteiger charge is -2.25. The Morgan fingerprint density at radius 2 is 1.04 bits per heavy atom. The first kappa shape index (κ1) is 47.0. The van der Waals surface area contributed by atoms with Crippen LogP contribution >= 0.6 is 0 Å². The largest absolute Gasteiger partial charge is 0.477 e. The molecule has 0 aromatic heterocycles. The highest BCUT2D eigenvalue weighted by Crippen LogP contribution is 2.13. The molecule has 0 amide bonds. The highest BCUT2D eigenvalue weighted by Gasteiger charge is 2.25. The maximum absolute atomic E-state index is 12.7. The van der Waals surface area contributed by atoms with E-state index < -0.39 is 24.3 Å². The van der Waals surface area contributed by atoms with Gasteiger partial charge in [-0.15, -0.1) is 0 Å². The molecule has 288 valence electrons. The van der Waals surface area contributed by atoms with Crippen LogP contribution in [0.3, 0.4) is 0 Å². The Labute approximate surface area is 300 Å². The van der Waals surface area contributed by atoms with E-state index in [1.807, 2.05) is 21.1 Å². The van der Waals surface area contributed by atoms with Crippen molar-refractivity contribution in [2.75, 3.05) is 47.5 Å². The smallest absolute Gasteiger partial charge is 0.361 e. The van der Waals surface area contributed by atoms with Gasteiger partial charge in [-0.3, -0.25) is 9.59 Å². The van der Waals surface area contributed by atoms with Gasteiger partial charge in [-0.1, -0.05) is 129 Å². The van der Waals surface area contributed by atoms with Gasteiger partial charge in [0.25, 0.3) is 6.29 Å². The molecule has 1 N–H and O–H groups in total. The quantitative estimate of drug-likeness (QED) is 0.0227. The van der Waals surface area contributed by atoms with E-state index >= 15 is 0 Å². The van der Waals surface area contributed by atoms with E-state index in [0.717, 1.165) is 51.4 Å². The molecule has 0 aromatic carbocycles. The number of carboxylic acids is 1. The van der Waals surface area contributed by atoms with Crippen molar-refractivity contribution >= 4 is 17.9 Å². The number of carbonyl (C=O) groups excluding carboxylic acids is 2. The third-order valence-corrected chi connectivity index (χ3v) is 8.52. The number of nitrogens with zero attached hydrogens (tertiary/aromatic N) is 1. The third kappa shape index (κ3) is 34.3. The summed E-state index contributed by atoms with van der Waals surface area (Å²) < 4.78 is 22.6. The summed E-state index contributed by atoms with van der Waals surface area (Å²) in [7, 11) is 5.94. The summed E-state index contributed by atoms with van der Waals surface area (Å²) in [5, 5.41) is 9.58. The molecule has 0 rings (SSSR count). The molecule has 0 aliphatic carbocycles. The number of hydrogen-bond donors (Lipinski definition) is 1. The van der Waals surface area contributed by atoms with Crippen LogP contribution in [0.4, 0.5) is 0 Å². The number of esters is 2. The SMILES string of the molecule is CCCCCCC/C=C\CCCCCCCC(=O)OC(COC(=O)CCCCCCCCCCCC)COC(OCC[N+](C)(C)C)C(=O)O. The molecule has 0 aromatic rings. The standard InChI is InChI=1S/C40H75NO8/c1-6-8-10-12-14-16-18-19-20-21-23-25-27-29-31-38(43)49-36(35-48-40(39(44)45)46-33-32-41(3,4)5)34-47-37(42)30-28-26-24-22-17-15-13-11-9-7-2/h18-19,36,40H,6-17,20-35H2,1-5H3/p+1/b19-18-. The summed E-state index contributed by atoms with van der Waals surface area (Å²) in [4.78, 5) is 36.8. The maximum atomic E-state index is 12.7. The molecule has 0 aliphatic rings. The number of likely N-dealkylation sites (N-methyl/N-ethyl adjacent to an activating group) is 1. The van der Waals surface area contributed by atoms with Crippen LogP contribution in [0.15, 0.2) is 12.2 Å². The Balaban J connectivity index is 4.52. The van der Waals surface area contributed by atoms with Gasteiger partial charge in [0.15, 0.2) is 6.10 Å². The Kier molecular flexibility index (Phi) is 31.9. The molecule has 0 aliphatic heterocycles. The van der Waals surface area contributed by atoms with Crippen molar-refractivity contribution in [3.63, 3.8) is 0 Å². The molecule has 9 heteroatoms. The molecule has 0 spiro atoms. The number of ether oxygens (including phenoxy) is 4. The Morgan fingerprint density at radius 3 is 1.51 bits per heavy atom. The second-order valence-corrected chi connectivity index (χ2v) is 14.6. The number of carboxylic acid groups (broad SMARTS) is 1. The lowest BCUT2D eigenvalue weighted by Crippen LogP contribution is -2.40. The molecule has 0 bridgehead atoms. The Hall–Kier alpha value is -1.97. The first-order valence-corrected chi connectivity index (χ1v) is 19.9. The zero-order valence-corrected chi connectivity index (χ0v) is 32.4. The van der Waals surface area contributed by atoms with Crippen molar-refractivity contribution in [2.24, 2.45) is 0 Å². The number of quaternary nitrogens is 1. The number of hydrogen-bond acceptors (Lipinski definition) is 7. The summed E-state index contributed by atoms with van der Waals surface area (Å²) in [6, 6.07) is 0. The summed E-state index contributed by atoms with van der Waals surface area (Å²) in [6.07, 6.45) is 28.4. The molecule has 0 fully saturated rings. The topological polar surface area (TPSA) is 108 Å². The van der Waals surface area contributed by atoms with Gasteiger partial charge in [-0.05, 0) is 38.5 Å². The van der Waals surface area contributed by atoms with E-state index in [1.54, 1.807) is 0 Å². The molecule has 9 nitrogen and oxygen atoms in total. The monoisotopic (exact) mass is 699 g/mol. The normalized spacial score (nSPS) is 13.1. The van der Waals surface area contributed by atoms with E-state index in [9.17, 15) is 19.5 Å². The second kappa shape index (κ2) is 33.2. The van der Waals surface area contributed by atoms with Gasteiger partial charge in [0.1, 0.15) is 13.2 Å². The minimum absolute atomic E-state index is 0.181. The van der Waals surface area contributed by atoms with Crippen molar-refractivity contribution < 1.29 is 42.9 Å². The molecule has 2 unspecified atom stereocenters. The van der Waals surface area contributed by atoms with Gasteiger partial charge >= 0.3 is 17.9 Å².